The van der Waals surface area contributed by atoms with E-state index in [2.05, 4.69) is 5.32 Å². The first-order valence-electron chi connectivity index (χ1n) is 5.51. The van der Waals surface area contributed by atoms with Gasteiger partial charge in [0.1, 0.15) is 5.75 Å². The van der Waals surface area contributed by atoms with Crippen molar-refractivity contribution in [2.45, 2.75) is 0 Å². The maximum atomic E-state index is 11.9. The van der Waals surface area contributed by atoms with Gasteiger partial charge in [-0.1, -0.05) is 24.3 Å². The fourth-order valence-corrected chi connectivity index (χ4v) is 1.63. The molecule has 19 heavy (non-hydrogen) atoms. The Balaban J connectivity index is 2.30. The van der Waals surface area contributed by atoms with E-state index in [9.17, 15) is 14.7 Å². The lowest BCUT2D eigenvalue weighted by atomic mass is 10.1. The van der Waals surface area contributed by atoms with E-state index in [1.807, 2.05) is 0 Å². The molecule has 0 aliphatic rings. The largest absolute Gasteiger partial charge is 0.507 e. The SMILES string of the molecule is O=C(Nc1ccccc1C(=O)O)c1ccccc1O. The number of phenols is 1. The maximum absolute atomic E-state index is 11.9. The molecule has 0 atom stereocenters. The number of carbonyl (C=O) groups is 2. The molecule has 0 spiro atoms. The summed E-state index contributed by atoms with van der Waals surface area (Å²) in [5, 5.41) is 21.0. The number of nitrogens with one attached hydrogen (secondary N) is 1. The van der Waals surface area contributed by atoms with Crippen LogP contribution in [0.15, 0.2) is 48.5 Å². The number of phenolic OH excluding ortho intramolecular Hbond substituents is 1. The number of aromatic hydroxyl groups is 1. The third kappa shape index (κ3) is 2.71. The number of hydrogen-bond donors (Lipinski definition) is 3. The van der Waals surface area contributed by atoms with Crippen LogP contribution in [-0.4, -0.2) is 22.1 Å². The average Bonchev–Trinajstić information content (AvgIpc) is 2.39. The van der Waals surface area contributed by atoms with E-state index < -0.39 is 11.9 Å². The summed E-state index contributed by atoms with van der Waals surface area (Å²) in [6.07, 6.45) is 0. The summed E-state index contributed by atoms with van der Waals surface area (Å²) in [6, 6.07) is 12.1. The van der Waals surface area contributed by atoms with Gasteiger partial charge in [-0.2, -0.15) is 0 Å². The zero-order valence-corrected chi connectivity index (χ0v) is 9.83. The Kier molecular flexibility index (Phi) is 3.47. The number of benzene rings is 2. The van der Waals surface area contributed by atoms with Gasteiger partial charge < -0.3 is 15.5 Å². The Labute approximate surface area is 109 Å². The minimum Gasteiger partial charge on any atom is -0.507 e. The van der Waals surface area contributed by atoms with E-state index in [4.69, 9.17) is 5.11 Å². The van der Waals surface area contributed by atoms with Gasteiger partial charge in [0.25, 0.3) is 5.91 Å². The maximum Gasteiger partial charge on any atom is 0.337 e. The zero-order chi connectivity index (χ0) is 13.8. The molecule has 3 N–H and O–H groups in total. The number of carboxylic acid groups (broad SMARTS) is 1. The van der Waals surface area contributed by atoms with Crippen LogP contribution in [-0.2, 0) is 0 Å². The lowest BCUT2D eigenvalue weighted by molar-refractivity contribution is 0.0698. The third-order valence-corrected chi connectivity index (χ3v) is 2.55. The molecule has 0 aliphatic heterocycles. The first-order valence-corrected chi connectivity index (χ1v) is 5.51. The van der Waals surface area contributed by atoms with Crippen molar-refractivity contribution in [3.05, 3.63) is 59.7 Å². The molecule has 1 amide bonds. The van der Waals surface area contributed by atoms with Gasteiger partial charge in [0.15, 0.2) is 0 Å². The van der Waals surface area contributed by atoms with Crippen molar-refractivity contribution in [2.75, 3.05) is 5.32 Å². The molecule has 0 aromatic heterocycles. The van der Waals surface area contributed by atoms with Crippen molar-refractivity contribution in [1.29, 1.82) is 0 Å². The summed E-state index contributed by atoms with van der Waals surface area (Å²) in [4.78, 5) is 23.0. The van der Waals surface area contributed by atoms with Crippen LogP contribution in [0, 0.1) is 0 Å². The molecule has 2 aromatic rings. The molecule has 96 valence electrons. The fourth-order valence-electron chi connectivity index (χ4n) is 1.63. The molecule has 0 radical (unpaired) electrons. The topological polar surface area (TPSA) is 86.6 Å². The Hall–Kier alpha value is -2.82. The highest BCUT2D eigenvalue weighted by Gasteiger charge is 2.14. The highest BCUT2D eigenvalue weighted by Crippen LogP contribution is 2.20. The molecule has 2 aromatic carbocycles. The van der Waals surface area contributed by atoms with Gasteiger partial charge >= 0.3 is 5.97 Å². The van der Waals surface area contributed by atoms with E-state index in [1.165, 1.54) is 24.3 Å². The fraction of sp³-hybridized carbons (Fsp3) is 0. The van der Waals surface area contributed by atoms with E-state index in [0.29, 0.717) is 0 Å². The van der Waals surface area contributed by atoms with Crippen LogP contribution in [0.3, 0.4) is 0 Å². The minimum absolute atomic E-state index is 0.00808. The Morgan fingerprint density at radius 3 is 2.11 bits per heavy atom. The van der Waals surface area contributed by atoms with Crippen LogP contribution in [0.5, 0.6) is 5.75 Å². The average molecular weight is 257 g/mol. The molecule has 0 saturated heterocycles. The Bertz CT molecular complexity index is 637. The number of para-hydroxylation sites is 2. The predicted octanol–water partition coefficient (Wildman–Crippen LogP) is 2.34. The van der Waals surface area contributed by atoms with Crippen molar-refractivity contribution >= 4 is 17.6 Å². The molecule has 0 bridgehead atoms. The number of aromatic carboxylic acids is 1. The molecular weight excluding hydrogens is 246 g/mol. The number of hydrogen-bond acceptors (Lipinski definition) is 3. The summed E-state index contributed by atoms with van der Waals surface area (Å²) in [7, 11) is 0. The minimum atomic E-state index is -1.13. The number of carboxylic acids is 1. The monoisotopic (exact) mass is 257 g/mol. The highest BCUT2D eigenvalue weighted by atomic mass is 16.4. The van der Waals surface area contributed by atoms with Gasteiger partial charge in [-0.15, -0.1) is 0 Å². The summed E-state index contributed by atoms with van der Waals surface area (Å²) < 4.78 is 0. The van der Waals surface area contributed by atoms with E-state index in [0.717, 1.165) is 0 Å². The van der Waals surface area contributed by atoms with Crippen LogP contribution in [0.1, 0.15) is 20.7 Å². The van der Waals surface area contributed by atoms with Gasteiger partial charge in [0, 0.05) is 0 Å². The second kappa shape index (κ2) is 5.22. The standard InChI is InChI=1S/C14H11NO4/c16-12-8-4-2-6-10(12)13(17)15-11-7-3-1-5-9(11)14(18)19/h1-8,16H,(H,15,17)(H,18,19). The van der Waals surface area contributed by atoms with Crippen LogP contribution >= 0.6 is 0 Å². The number of carbonyl (C=O) groups excluding carboxylic acids is 1. The van der Waals surface area contributed by atoms with Crippen molar-refractivity contribution in [3.63, 3.8) is 0 Å². The van der Waals surface area contributed by atoms with E-state index in [-0.39, 0.29) is 22.6 Å². The first kappa shape index (κ1) is 12.6. The van der Waals surface area contributed by atoms with Crippen molar-refractivity contribution in [1.82, 2.24) is 0 Å². The van der Waals surface area contributed by atoms with Gasteiger partial charge in [-0.3, -0.25) is 4.79 Å². The van der Waals surface area contributed by atoms with Crippen molar-refractivity contribution in [3.8, 4) is 5.75 Å². The van der Waals surface area contributed by atoms with Crippen LogP contribution in [0.4, 0.5) is 5.69 Å². The second-order valence-electron chi connectivity index (χ2n) is 3.82. The molecule has 0 heterocycles. The summed E-state index contributed by atoms with van der Waals surface area (Å²) in [5.41, 5.74) is 0.261. The second-order valence-corrected chi connectivity index (χ2v) is 3.82. The Morgan fingerprint density at radius 1 is 0.895 bits per heavy atom. The van der Waals surface area contributed by atoms with Gasteiger partial charge in [-0.05, 0) is 24.3 Å². The van der Waals surface area contributed by atoms with E-state index in [1.54, 1.807) is 24.3 Å². The zero-order valence-electron chi connectivity index (χ0n) is 9.83. The van der Waals surface area contributed by atoms with Crippen molar-refractivity contribution in [2.24, 2.45) is 0 Å². The lowest BCUT2D eigenvalue weighted by Crippen LogP contribution is -2.14. The molecule has 2 rings (SSSR count). The summed E-state index contributed by atoms with van der Waals surface area (Å²) in [6.45, 7) is 0. The molecule has 0 fully saturated rings. The first-order chi connectivity index (χ1) is 9.09. The summed E-state index contributed by atoms with van der Waals surface area (Å²) >= 11 is 0. The van der Waals surface area contributed by atoms with Crippen molar-refractivity contribution < 1.29 is 19.8 Å². The van der Waals surface area contributed by atoms with Crippen LogP contribution in [0.25, 0.3) is 0 Å². The van der Waals surface area contributed by atoms with Gasteiger partial charge in [-0.25, -0.2) is 4.79 Å². The van der Waals surface area contributed by atoms with E-state index >= 15 is 0 Å². The molecular formula is C14H11NO4. The quantitative estimate of drug-likeness (QED) is 0.787. The lowest BCUT2D eigenvalue weighted by Gasteiger charge is -2.09. The number of rotatable bonds is 3. The highest BCUT2D eigenvalue weighted by molar-refractivity contribution is 6.09. The molecule has 5 heteroatoms. The van der Waals surface area contributed by atoms with Crippen LogP contribution in [0.2, 0.25) is 0 Å². The third-order valence-electron chi connectivity index (χ3n) is 2.55. The van der Waals surface area contributed by atoms with Gasteiger partial charge in [0.2, 0.25) is 0 Å². The molecule has 5 nitrogen and oxygen atoms in total. The molecule has 0 saturated carbocycles. The summed E-state index contributed by atoms with van der Waals surface area (Å²) in [5.74, 6) is -1.85. The number of amides is 1. The smallest absolute Gasteiger partial charge is 0.337 e. The molecule has 0 unspecified atom stereocenters. The molecule has 0 aliphatic carbocycles. The van der Waals surface area contributed by atoms with Gasteiger partial charge in [0.05, 0.1) is 16.8 Å². The van der Waals surface area contributed by atoms with Crippen LogP contribution < -0.4 is 5.32 Å². The number of anilines is 1. The Morgan fingerprint density at radius 2 is 1.47 bits per heavy atom. The normalized spacial score (nSPS) is 9.89. The predicted molar refractivity (Wildman–Crippen MR) is 69.5 cm³/mol.